The minimum Gasteiger partial charge on any atom is -0.295 e. The monoisotopic (exact) mass is 277 g/mol. The van der Waals surface area contributed by atoms with Crippen LogP contribution in [0.5, 0.6) is 0 Å². The van der Waals surface area contributed by atoms with Crippen molar-refractivity contribution in [2.45, 2.75) is 19.0 Å². The van der Waals surface area contributed by atoms with E-state index < -0.39 is 18.6 Å². The van der Waals surface area contributed by atoms with Crippen molar-refractivity contribution in [1.29, 1.82) is 0 Å². The number of anilines is 1. The van der Waals surface area contributed by atoms with Gasteiger partial charge in [-0.15, -0.1) is 0 Å². The Bertz CT molecular complexity index is 419. The molecule has 2 N–H and O–H groups in total. The number of aromatic nitrogens is 3. The van der Waals surface area contributed by atoms with Crippen LogP contribution in [-0.2, 0) is 4.79 Å². The molecule has 1 aromatic rings. The maximum absolute atomic E-state index is 12.3. The second kappa shape index (κ2) is 5.55. The minimum atomic E-state index is -4.23. The first-order valence-corrected chi connectivity index (χ1v) is 5.89. The van der Waals surface area contributed by atoms with Gasteiger partial charge in [0.05, 0.1) is 12.5 Å². The van der Waals surface area contributed by atoms with Gasteiger partial charge in [0.15, 0.2) is 0 Å². The number of carbonyl (C=O) groups is 1. The molecular weight excluding hydrogens is 263 g/mol. The summed E-state index contributed by atoms with van der Waals surface area (Å²) in [5.74, 6) is -0.581. The molecule has 0 saturated carbocycles. The van der Waals surface area contributed by atoms with Gasteiger partial charge < -0.3 is 0 Å². The van der Waals surface area contributed by atoms with Crippen molar-refractivity contribution in [3.8, 4) is 0 Å². The molecule has 0 aromatic carbocycles. The number of nitrogens with zero attached hydrogens (tertiary/aromatic N) is 3. The number of carbonyl (C=O) groups excluding carboxylic acids is 1. The summed E-state index contributed by atoms with van der Waals surface area (Å²) in [4.78, 5) is 16.9. The standard InChI is InChI=1S/C10H14F3N5O/c11-10(12,13)5-18-3-1-2-7(4-18)8(19)16-9-14-6-15-17-9/h6-7H,1-5H2,(H2,14,15,16,17,19). The van der Waals surface area contributed by atoms with E-state index in [9.17, 15) is 18.0 Å². The highest BCUT2D eigenvalue weighted by Crippen LogP contribution is 2.22. The number of amides is 1. The molecule has 2 heterocycles. The highest BCUT2D eigenvalue weighted by Gasteiger charge is 2.34. The summed E-state index contributed by atoms with van der Waals surface area (Å²) in [6.45, 7) is -0.496. The number of hydrogen-bond donors (Lipinski definition) is 2. The van der Waals surface area contributed by atoms with Crippen LogP contribution in [0.15, 0.2) is 6.33 Å². The van der Waals surface area contributed by atoms with Crippen LogP contribution in [0.4, 0.5) is 19.1 Å². The van der Waals surface area contributed by atoms with Crippen molar-refractivity contribution in [3.05, 3.63) is 6.33 Å². The molecule has 1 fully saturated rings. The van der Waals surface area contributed by atoms with Gasteiger partial charge in [-0.2, -0.15) is 23.3 Å². The Kier molecular flexibility index (Phi) is 4.03. The molecule has 6 nitrogen and oxygen atoms in total. The molecule has 1 atom stereocenters. The number of alkyl halides is 3. The largest absolute Gasteiger partial charge is 0.401 e. The Hall–Kier alpha value is -1.64. The molecule has 106 valence electrons. The van der Waals surface area contributed by atoms with Crippen LogP contribution in [-0.4, -0.2) is 51.8 Å². The van der Waals surface area contributed by atoms with E-state index in [0.29, 0.717) is 19.4 Å². The minimum absolute atomic E-state index is 0.111. The molecule has 1 unspecified atom stereocenters. The molecule has 0 spiro atoms. The first kappa shape index (κ1) is 13.8. The lowest BCUT2D eigenvalue weighted by Gasteiger charge is -2.32. The fourth-order valence-corrected chi connectivity index (χ4v) is 2.15. The van der Waals surface area contributed by atoms with E-state index in [1.54, 1.807) is 0 Å². The Morgan fingerprint density at radius 3 is 3.00 bits per heavy atom. The lowest BCUT2D eigenvalue weighted by Crippen LogP contribution is -2.44. The third-order valence-corrected chi connectivity index (χ3v) is 2.94. The number of piperidine rings is 1. The van der Waals surface area contributed by atoms with Crippen LogP contribution < -0.4 is 5.32 Å². The predicted molar refractivity (Wildman–Crippen MR) is 60.2 cm³/mol. The number of rotatable bonds is 3. The van der Waals surface area contributed by atoms with Gasteiger partial charge in [0.25, 0.3) is 0 Å². The average molecular weight is 277 g/mol. The number of likely N-dealkylation sites (tertiary alicyclic amines) is 1. The van der Waals surface area contributed by atoms with Crippen LogP contribution >= 0.6 is 0 Å². The zero-order valence-corrected chi connectivity index (χ0v) is 10.1. The van der Waals surface area contributed by atoms with Crippen LogP contribution in [0.2, 0.25) is 0 Å². The number of aromatic amines is 1. The van der Waals surface area contributed by atoms with Crippen molar-refractivity contribution in [2.24, 2.45) is 5.92 Å². The van der Waals surface area contributed by atoms with E-state index in [1.165, 1.54) is 11.2 Å². The molecule has 1 aliphatic heterocycles. The van der Waals surface area contributed by atoms with Crippen LogP contribution in [0.25, 0.3) is 0 Å². The first-order chi connectivity index (χ1) is 8.94. The summed E-state index contributed by atoms with van der Waals surface area (Å²) in [5, 5.41) is 8.54. The number of halogens is 3. The summed E-state index contributed by atoms with van der Waals surface area (Å²) in [6, 6.07) is 0. The van der Waals surface area contributed by atoms with E-state index in [0.717, 1.165) is 0 Å². The maximum Gasteiger partial charge on any atom is 0.401 e. The van der Waals surface area contributed by atoms with Gasteiger partial charge >= 0.3 is 6.18 Å². The summed E-state index contributed by atoms with van der Waals surface area (Å²) in [6.07, 6.45) is -1.84. The number of nitrogens with one attached hydrogen (secondary N) is 2. The topological polar surface area (TPSA) is 73.9 Å². The predicted octanol–water partition coefficient (Wildman–Crippen LogP) is 1.02. The molecule has 0 radical (unpaired) electrons. The second-order valence-electron chi connectivity index (χ2n) is 4.51. The van der Waals surface area contributed by atoms with Crippen LogP contribution in [0.1, 0.15) is 12.8 Å². The Labute approximate surface area is 107 Å². The van der Waals surface area contributed by atoms with Crippen molar-refractivity contribution < 1.29 is 18.0 Å². The Balaban J connectivity index is 1.88. The normalized spacial score (nSPS) is 21.3. The van der Waals surface area contributed by atoms with Gasteiger partial charge in [0.1, 0.15) is 6.33 Å². The van der Waals surface area contributed by atoms with Gasteiger partial charge in [-0.1, -0.05) is 0 Å². The van der Waals surface area contributed by atoms with Gasteiger partial charge in [-0.3, -0.25) is 15.0 Å². The van der Waals surface area contributed by atoms with Crippen molar-refractivity contribution in [1.82, 2.24) is 20.1 Å². The number of hydrogen-bond acceptors (Lipinski definition) is 4. The van der Waals surface area contributed by atoms with Gasteiger partial charge in [-0.05, 0) is 19.4 Å². The molecule has 0 bridgehead atoms. The molecule has 0 aliphatic carbocycles. The van der Waals surface area contributed by atoms with E-state index in [2.05, 4.69) is 20.5 Å². The zero-order valence-electron chi connectivity index (χ0n) is 10.1. The summed E-state index contributed by atoms with van der Waals surface area (Å²) in [5.41, 5.74) is 0. The lowest BCUT2D eigenvalue weighted by atomic mass is 9.97. The molecule has 19 heavy (non-hydrogen) atoms. The highest BCUT2D eigenvalue weighted by molar-refractivity contribution is 5.91. The summed E-state index contributed by atoms with van der Waals surface area (Å²) < 4.78 is 36.9. The molecular formula is C10H14F3N5O. The van der Waals surface area contributed by atoms with Gasteiger partial charge in [0.2, 0.25) is 11.9 Å². The third-order valence-electron chi connectivity index (χ3n) is 2.94. The van der Waals surface area contributed by atoms with Crippen LogP contribution in [0, 0.1) is 5.92 Å². The first-order valence-electron chi connectivity index (χ1n) is 5.89. The molecule has 9 heteroatoms. The maximum atomic E-state index is 12.3. The molecule has 1 aliphatic rings. The van der Waals surface area contributed by atoms with E-state index in [-0.39, 0.29) is 18.4 Å². The summed E-state index contributed by atoms with van der Waals surface area (Å²) >= 11 is 0. The Morgan fingerprint density at radius 1 is 1.58 bits per heavy atom. The van der Waals surface area contributed by atoms with Gasteiger partial charge in [-0.25, -0.2) is 5.10 Å². The Morgan fingerprint density at radius 2 is 2.37 bits per heavy atom. The fraction of sp³-hybridized carbons (Fsp3) is 0.700. The summed E-state index contributed by atoms with van der Waals surface area (Å²) in [7, 11) is 0. The number of H-pyrrole nitrogens is 1. The quantitative estimate of drug-likeness (QED) is 0.865. The molecule has 2 rings (SSSR count). The van der Waals surface area contributed by atoms with E-state index in [4.69, 9.17) is 0 Å². The van der Waals surface area contributed by atoms with E-state index in [1.807, 2.05) is 0 Å². The molecule has 1 amide bonds. The SMILES string of the molecule is O=C(Nc1ncn[nH]1)C1CCCN(CC(F)(F)F)C1. The van der Waals surface area contributed by atoms with Crippen molar-refractivity contribution in [2.75, 3.05) is 25.0 Å². The average Bonchev–Trinajstić information content (AvgIpc) is 2.80. The molecule has 1 aromatic heterocycles. The van der Waals surface area contributed by atoms with Crippen LogP contribution in [0.3, 0.4) is 0 Å². The molecule has 1 saturated heterocycles. The van der Waals surface area contributed by atoms with Crippen molar-refractivity contribution in [3.63, 3.8) is 0 Å². The third kappa shape index (κ3) is 4.19. The smallest absolute Gasteiger partial charge is 0.295 e. The van der Waals surface area contributed by atoms with E-state index >= 15 is 0 Å². The lowest BCUT2D eigenvalue weighted by molar-refractivity contribution is -0.151. The van der Waals surface area contributed by atoms with Crippen molar-refractivity contribution >= 4 is 11.9 Å². The van der Waals surface area contributed by atoms with Gasteiger partial charge in [0, 0.05) is 6.54 Å². The highest BCUT2D eigenvalue weighted by atomic mass is 19.4. The second-order valence-corrected chi connectivity index (χ2v) is 4.51. The zero-order chi connectivity index (χ0) is 13.9. The fourth-order valence-electron chi connectivity index (χ4n) is 2.15.